The van der Waals surface area contributed by atoms with Crippen LogP contribution >= 0.6 is 0 Å². The Morgan fingerprint density at radius 1 is 1.12 bits per heavy atom. The molecule has 130 valence electrons. The van der Waals surface area contributed by atoms with Crippen LogP contribution in [0.4, 0.5) is 0 Å². The topological polar surface area (TPSA) is 65.4 Å². The molecule has 1 aromatic heterocycles. The predicted octanol–water partition coefficient (Wildman–Crippen LogP) is 2.51. The zero-order valence-corrected chi connectivity index (χ0v) is 14.4. The second-order valence-corrected chi connectivity index (χ2v) is 5.66. The van der Waals surface area contributed by atoms with E-state index in [1.807, 2.05) is 53.1 Å². The SMILES string of the molecule is COCc1nc2ccccc2n1CC(=O)NCc1ccc(OC)cc1. The Bertz CT molecular complexity index is 856. The van der Waals surface area contributed by atoms with Gasteiger partial charge in [-0.1, -0.05) is 24.3 Å². The maximum Gasteiger partial charge on any atom is 0.240 e. The summed E-state index contributed by atoms with van der Waals surface area (Å²) >= 11 is 0. The van der Waals surface area contributed by atoms with E-state index < -0.39 is 0 Å². The molecule has 0 aliphatic heterocycles. The van der Waals surface area contributed by atoms with Gasteiger partial charge in [0.2, 0.25) is 5.91 Å². The summed E-state index contributed by atoms with van der Waals surface area (Å²) in [5.41, 5.74) is 2.80. The Labute approximate surface area is 146 Å². The molecule has 0 atom stereocenters. The second-order valence-electron chi connectivity index (χ2n) is 5.66. The number of carbonyl (C=O) groups excluding carboxylic acids is 1. The number of aromatic nitrogens is 2. The van der Waals surface area contributed by atoms with Gasteiger partial charge in [0.05, 0.1) is 18.1 Å². The Morgan fingerprint density at radius 3 is 2.60 bits per heavy atom. The smallest absolute Gasteiger partial charge is 0.240 e. The molecule has 3 aromatic rings. The van der Waals surface area contributed by atoms with Gasteiger partial charge in [-0.3, -0.25) is 4.79 Å². The van der Waals surface area contributed by atoms with Gasteiger partial charge in [0, 0.05) is 13.7 Å². The largest absolute Gasteiger partial charge is 0.497 e. The van der Waals surface area contributed by atoms with Crippen LogP contribution in [-0.2, 0) is 29.2 Å². The van der Waals surface area contributed by atoms with Gasteiger partial charge in [0.15, 0.2) is 0 Å². The first-order valence-corrected chi connectivity index (χ1v) is 8.04. The minimum absolute atomic E-state index is 0.0728. The van der Waals surface area contributed by atoms with Crippen LogP contribution < -0.4 is 10.1 Å². The number of hydrogen-bond donors (Lipinski definition) is 1. The molecule has 0 unspecified atom stereocenters. The van der Waals surface area contributed by atoms with Crippen LogP contribution in [0.1, 0.15) is 11.4 Å². The zero-order valence-electron chi connectivity index (χ0n) is 14.4. The number of para-hydroxylation sites is 2. The molecule has 1 amide bonds. The maximum atomic E-state index is 12.4. The highest BCUT2D eigenvalue weighted by atomic mass is 16.5. The average Bonchev–Trinajstić information content (AvgIpc) is 2.98. The van der Waals surface area contributed by atoms with Crippen molar-refractivity contribution >= 4 is 16.9 Å². The first-order valence-electron chi connectivity index (χ1n) is 8.04. The number of amides is 1. The van der Waals surface area contributed by atoms with Gasteiger partial charge in [-0.15, -0.1) is 0 Å². The van der Waals surface area contributed by atoms with Crippen LogP contribution in [0.5, 0.6) is 5.75 Å². The third kappa shape index (κ3) is 3.97. The van der Waals surface area contributed by atoms with E-state index in [2.05, 4.69) is 10.3 Å². The third-order valence-corrected chi connectivity index (χ3v) is 3.96. The van der Waals surface area contributed by atoms with Crippen molar-refractivity contribution in [1.29, 1.82) is 0 Å². The van der Waals surface area contributed by atoms with Gasteiger partial charge in [0.25, 0.3) is 0 Å². The Kier molecular flexibility index (Phi) is 5.30. The van der Waals surface area contributed by atoms with Crippen molar-refractivity contribution in [2.24, 2.45) is 0 Å². The minimum atomic E-state index is -0.0728. The molecule has 0 aliphatic rings. The Hall–Kier alpha value is -2.86. The molecule has 6 heteroatoms. The quantitative estimate of drug-likeness (QED) is 0.718. The number of imidazole rings is 1. The Morgan fingerprint density at radius 2 is 1.88 bits per heavy atom. The van der Waals surface area contributed by atoms with Crippen LogP contribution in [0.15, 0.2) is 48.5 Å². The van der Waals surface area contributed by atoms with Crippen molar-refractivity contribution in [3.8, 4) is 5.75 Å². The summed E-state index contributed by atoms with van der Waals surface area (Å²) in [5.74, 6) is 1.46. The molecule has 0 saturated carbocycles. The monoisotopic (exact) mass is 339 g/mol. The molecular weight excluding hydrogens is 318 g/mol. The van der Waals surface area contributed by atoms with Gasteiger partial charge in [-0.05, 0) is 29.8 Å². The van der Waals surface area contributed by atoms with Gasteiger partial charge >= 0.3 is 0 Å². The number of nitrogens with zero attached hydrogens (tertiary/aromatic N) is 2. The molecule has 6 nitrogen and oxygen atoms in total. The average molecular weight is 339 g/mol. The highest BCUT2D eigenvalue weighted by Crippen LogP contribution is 2.16. The number of hydrogen-bond acceptors (Lipinski definition) is 4. The minimum Gasteiger partial charge on any atom is -0.497 e. The first kappa shape index (κ1) is 17.0. The fourth-order valence-electron chi connectivity index (χ4n) is 2.68. The Balaban J connectivity index is 1.69. The van der Waals surface area contributed by atoms with E-state index in [9.17, 15) is 4.79 Å². The fourth-order valence-corrected chi connectivity index (χ4v) is 2.68. The summed E-state index contributed by atoms with van der Waals surface area (Å²) in [6, 6.07) is 15.4. The molecule has 25 heavy (non-hydrogen) atoms. The van der Waals surface area contributed by atoms with Crippen molar-refractivity contribution in [2.75, 3.05) is 14.2 Å². The second kappa shape index (κ2) is 7.81. The molecule has 0 fully saturated rings. The number of fused-ring (bicyclic) bond motifs is 1. The number of methoxy groups -OCH3 is 2. The third-order valence-electron chi connectivity index (χ3n) is 3.96. The lowest BCUT2D eigenvalue weighted by Crippen LogP contribution is -2.27. The van der Waals surface area contributed by atoms with E-state index in [0.717, 1.165) is 28.2 Å². The summed E-state index contributed by atoms with van der Waals surface area (Å²) in [6.07, 6.45) is 0. The number of carbonyl (C=O) groups is 1. The number of ether oxygens (including phenoxy) is 2. The van der Waals surface area contributed by atoms with Gasteiger partial charge < -0.3 is 19.4 Å². The van der Waals surface area contributed by atoms with Crippen molar-refractivity contribution in [1.82, 2.24) is 14.9 Å². The molecule has 1 heterocycles. The normalized spacial score (nSPS) is 10.8. The fraction of sp³-hybridized carbons (Fsp3) is 0.263. The van der Waals surface area contributed by atoms with Crippen molar-refractivity contribution < 1.29 is 14.3 Å². The molecule has 1 N–H and O–H groups in total. The summed E-state index contributed by atoms with van der Waals surface area (Å²) < 4.78 is 12.2. The van der Waals surface area contributed by atoms with Gasteiger partial charge in [-0.2, -0.15) is 0 Å². The number of benzene rings is 2. The van der Waals surface area contributed by atoms with Crippen LogP contribution in [0.25, 0.3) is 11.0 Å². The van der Waals surface area contributed by atoms with E-state index >= 15 is 0 Å². The summed E-state index contributed by atoms with van der Waals surface area (Å²) in [5, 5.41) is 2.94. The molecule has 0 radical (unpaired) electrons. The molecule has 0 spiro atoms. The van der Waals surface area contributed by atoms with E-state index in [1.54, 1.807) is 14.2 Å². The van der Waals surface area contributed by atoms with Crippen molar-refractivity contribution in [3.63, 3.8) is 0 Å². The van der Waals surface area contributed by atoms with Crippen molar-refractivity contribution in [3.05, 3.63) is 59.9 Å². The predicted molar refractivity (Wildman–Crippen MR) is 95.3 cm³/mol. The van der Waals surface area contributed by atoms with E-state index in [4.69, 9.17) is 9.47 Å². The number of nitrogens with one attached hydrogen (secondary N) is 1. The lowest BCUT2D eigenvalue weighted by Gasteiger charge is -2.10. The molecular formula is C19H21N3O3. The van der Waals surface area contributed by atoms with Crippen LogP contribution in [0.3, 0.4) is 0 Å². The van der Waals surface area contributed by atoms with Gasteiger partial charge in [-0.25, -0.2) is 4.98 Å². The van der Waals surface area contributed by atoms with Crippen LogP contribution in [-0.4, -0.2) is 29.7 Å². The lowest BCUT2D eigenvalue weighted by molar-refractivity contribution is -0.121. The highest BCUT2D eigenvalue weighted by Gasteiger charge is 2.13. The highest BCUT2D eigenvalue weighted by molar-refractivity contribution is 5.81. The van der Waals surface area contributed by atoms with E-state index in [-0.39, 0.29) is 12.5 Å². The van der Waals surface area contributed by atoms with Gasteiger partial charge in [0.1, 0.15) is 24.7 Å². The van der Waals surface area contributed by atoms with Crippen molar-refractivity contribution in [2.45, 2.75) is 19.7 Å². The number of rotatable bonds is 7. The molecule has 0 saturated heterocycles. The summed E-state index contributed by atoms with van der Waals surface area (Å²) in [4.78, 5) is 16.9. The van der Waals surface area contributed by atoms with E-state index in [0.29, 0.717) is 13.2 Å². The summed E-state index contributed by atoms with van der Waals surface area (Å²) in [7, 11) is 3.25. The first-order chi connectivity index (χ1) is 12.2. The molecule has 0 aliphatic carbocycles. The molecule has 3 rings (SSSR count). The van der Waals surface area contributed by atoms with E-state index in [1.165, 1.54) is 0 Å². The zero-order chi connectivity index (χ0) is 17.6. The molecule has 0 bridgehead atoms. The van der Waals surface area contributed by atoms with Crippen LogP contribution in [0.2, 0.25) is 0 Å². The molecule has 2 aromatic carbocycles. The lowest BCUT2D eigenvalue weighted by atomic mass is 10.2. The maximum absolute atomic E-state index is 12.4. The standard InChI is InChI=1S/C19H21N3O3/c1-24-13-18-21-16-5-3-4-6-17(16)22(18)12-19(23)20-11-14-7-9-15(25-2)10-8-14/h3-10H,11-13H2,1-2H3,(H,20,23). The van der Waals surface area contributed by atoms with Crippen LogP contribution in [0, 0.1) is 0 Å². The summed E-state index contributed by atoms with van der Waals surface area (Å²) in [6.45, 7) is 1.03.